The van der Waals surface area contributed by atoms with E-state index in [-0.39, 0.29) is 0 Å². The summed E-state index contributed by atoms with van der Waals surface area (Å²) >= 11 is 0. The third-order valence-corrected chi connectivity index (χ3v) is 3.42. The number of hydrogen-bond donors (Lipinski definition) is 4. The highest BCUT2D eigenvalue weighted by molar-refractivity contribution is 6.03. The van der Waals surface area contributed by atoms with Crippen LogP contribution in [0.2, 0.25) is 0 Å². The standard InChI is InChI=1S/C16H28N6/c1-3-16(14(2)21-13-18)7-5-4-6-15(12-22-19)8-10-20-11-9-17/h3,7,13,15,18,20,22H,1,4-6,8,10-12,19H2,2H3/b16-7+,18-13?,21-14-. The Hall–Kier alpha value is -1.81. The third kappa shape index (κ3) is 10.00. The number of hydrogen-bond acceptors (Lipinski definition) is 5. The predicted molar refractivity (Wildman–Crippen MR) is 92.8 cm³/mol. The first kappa shape index (κ1) is 20.2. The number of allylic oxidation sites excluding steroid dienone is 3. The van der Waals surface area contributed by atoms with Crippen molar-refractivity contribution in [2.75, 3.05) is 19.6 Å². The van der Waals surface area contributed by atoms with Crippen LogP contribution in [-0.2, 0) is 0 Å². The van der Waals surface area contributed by atoms with E-state index in [9.17, 15) is 0 Å². The van der Waals surface area contributed by atoms with Crippen LogP contribution in [0.3, 0.4) is 0 Å². The third-order valence-electron chi connectivity index (χ3n) is 3.42. The lowest BCUT2D eigenvalue weighted by molar-refractivity contribution is 0.406. The molecule has 122 valence electrons. The van der Waals surface area contributed by atoms with Crippen LogP contribution in [0.1, 0.15) is 32.6 Å². The first-order valence-electron chi connectivity index (χ1n) is 7.57. The van der Waals surface area contributed by atoms with Crippen molar-refractivity contribution < 1.29 is 0 Å². The number of nitrogens with one attached hydrogen (secondary N) is 3. The number of nitrogens with zero attached hydrogens (tertiary/aromatic N) is 2. The highest BCUT2D eigenvalue weighted by Gasteiger charge is 2.07. The molecule has 6 nitrogen and oxygen atoms in total. The zero-order valence-electron chi connectivity index (χ0n) is 13.4. The number of hydrazine groups is 1. The van der Waals surface area contributed by atoms with Gasteiger partial charge >= 0.3 is 0 Å². The summed E-state index contributed by atoms with van der Waals surface area (Å²) in [6.07, 6.45) is 8.99. The van der Waals surface area contributed by atoms with Gasteiger partial charge in [0.2, 0.25) is 0 Å². The Bertz CT molecular complexity index is 419. The Morgan fingerprint density at radius 2 is 2.27 bits per heavy atom. The van der Waals surface area contributed by atoms with E-state index < -0.39 is 0 Å². The Kier molecular flexibility index (Phi) is 13.0. The van der Waals surface area contributed by atoms with Crippen LogP contribution >= 0.6 is 0 Å². The smallest absolute Gasteiger partial charge is 0.107 e. The van der Waals surface area contributed by atoms with Gasteiger partial charge in [0.15, 0.2) is 0 Å². The largest absolute Gasteiger partial charge is 0.304 e. The second-order valence-corrected chi connectivity index (χ2v) is 5.04. The molecule has 0 aromatic heterocycles. The summed E-state index contributed by atoms with van der Waals surface area (Å²) in [5.41, 5.74) is 4.53. The zero-order chi connectivity index (χ0) is 16.6. The summed E-state index contributed by atoms with van der Waals surface area (Å²) in [6, 6.07) is 2.07. The summed E-state index contributed by atoms with van der Waals surface area (Å²) in [5.74, 6) is 5.92. The minimum atomic E-state index is 0.389. The van der Waals surface area contributed by atoms with E-state index in [1.165, 1.54) is 0 Å². The summed E-state index contributed by atoms with van der Waals surface area (Å²) in [4.78, 5) is 3.95. The number of nitrogens with two attached hydrogens (primary N) is 1. The Morgan fingerprint density at radius 1 is 1.50 bits per heavy atom. The molecule has 0 saturated heterocycles. The van der Waals surface area contributed by atoms with Gasteiger partial charge in [-0.15, -0.1) is 0 Å². The molecule has 0 aromatic rings. The molecule has 1 atom stereocenters. The lowest BCUT2D eigenvalue weighted by atomic mass is 9.97. The van der Waals surface area contributed by atoms with Crippen molar-refractivity contribution in [3.05, 3.63) is 24.3 Å². The summed E-state index contributed by atoms with van der Waals surface area (Å²) in [6.45, 7) is 7.65. The minimum absolute atomic E-state index is 0.389. The number of nitriles is 1. The van der Waals surface area contributed by atoms with Gasteiger partial charge in [-0.1, -0.05) is 18.7 Å². The van der Waals surface area contributed by atoms with E-state index in [2.05, 4.69) is 34.5 Å². The molecule has 0 aliphatic heterocycles. The van der Waals surface area contributed by atoms with Crippen molar-refractivity contribution in [3.8, 4) is 6.07 Å². The Labute approximate surface area is 133 Å². The fraction of sp³-hybridized carbons (Fsp3) is 0.562. The average molecular weight is 304 g/mol. The van der Waals surface area contributed by atoms with Crippen LogP contribution in [0.5, 0.6) is 0 Å². The average Bonchev–Trinajstić information content (AvgIpc) is 2.51. The van der Waals surface area contributed by atoms with Gasteiger partial charge in [0.1, 0.15) is 6.34 Å². The normalized spacial score (nSPS) is 13.5. The molecule has 22 heavy (non-hydrogen) atoms. The first-order valence-corrected chi connectivity index (χ1v) is 7.57. The molecule has 0 heterocycles. The van der Waals surface area contributed by atoms with Crippen LogP contribution in [0.25, 0.3) is 0 Å². The Morgan fingerprint density at radius 3 is 2.86 bits per heavy atom. The van der Waals surface area contributed by atoms with E-state index in [1.807, 2.05) is 6.92 Å². The maximum absolute atomic E-state index is 8.48. The molecule has 0 aliphatic rings. The molecule has 0 spiro atoms. The van der Waals surface area contributed by atoms with Crippen LogP contribution < -0.4 is 16.6 Å². The van der Waals surface area contributed by atoms with E-state index in [4.69, 9.17) is 16.5 Å². The second kappa shape index (κ2) is 14.1. The van der Waals surface area contributed by atoms with Gasteiger partial charge in [-0.05, 0) is 50.6 Å². The van der Waals surface area contributed by atoms with Crippen LogP contribution in [0.4, 0.5) is 0 Å². The monoisotopic (exact) mass is 304 g/mol. The fourth-order valence-electron chi connectivity index (χ4n) is 2.18. The minimum Gasteiger partial charge on any atom is -0.304 e. The van der Waals surface area contributed by atoms with E-state index in [0.717, 1.165) is 56.4 Å². The molecule has 6 heteroatoms. The molecule has 5 N–H and O–H groups in total. The predicted octanol–water partition coefficient (Wildman–Crippen LogP) is 1.92. The molecular weight excluding hydrogens is 276 g/mol. The highest BCUT2D eigenvalue weighted by Crippen LogP contribution is 2.13. The van der Waals surface area contributed by atoms with Crippen molar-refractivity contribution in [1.82, 2.24) is 10.7 Å². The maximum Gasteiger partial charge on any atom is 0.107 e. The molecule has 0 bridgehead atoms. The SMILES string of the molecule is C=CC(=C\CCCC(CCNCC#N)CNN)/C(C)=N\C=N. The van der Waals surface area contributed by atoms with Gasteiger partial charge in [0, 0.05) is 12.3 Å². The lowest BCUT2D eigenvalue weighted by Gasteiger charge is -2.15. The van der Waals surface area contributed by atoms with E-state index in [1.54, 1.807) is 6.08 Å². The fourth-order valence-corrected chi connectivity index (χ4v) is 2.18. The number of unbranched alkanes of at least 4 members (excludes halogenated alkanes) is 1. The van der Waals surface area contributed by atoms with Gasteiger partial charge < -0.3 is 5.32 Å². The molecule has 0 radical (unpaired) electrons. The topological polar surface area (TPSA) is 110 Å². The molecule has 0 aliphatic carbocycles. The summed E-state index contributed by atoms with van der Waals surface area (Å²) in [5, 5.41) is 18.6. The molecule has 0 rings (SSSR count). The molecule has 0 amide bonds. The molecule has 0 saturated carbocycles. The Balaban J connectivity index is 4.20. The van der Waals surface area contributed by atoms with Gasteiger partial charge in [0.05, 0.1) is 12.6 Å². The van der Waals surface area contributed by atoms with E-state index >= 15 is 0 Å². The van der Waals surface area contributed by atoms with Gasteiger partial charge in [0.25, 0.3) is 0 Å². The summed E-state index contributed by atoms with van der Waals surface area (Å²) in [7, 11) is 0. The van der Waals surface area contributed by atoms with Crippen LogP contribution in [0, 0.1) is 22.7 Å². The van der Waals surface area contributed by atoms with Crippen molar-refractivity contribution >= 4 is 12.1 Å². The van der Waals surface area contributed by atoms with Crippen molar-refractivity contribution in [2.45, 2.75) is 32.6 Å². The quantitative estimate of drug-likeness (QED) is 0.0792. The first-order chi connectivity index (χ1) is 10.7. The van der Waals surface area contributed by atoms with Crippen molar-refractivity contribution in [3.63, 3.8) is 0 Å². The second-order valence-electron chi connectivity index (χ2n) is 5.04. The highest BCUT2D eigenvalue weighted by atomic mass is 15.2. The van der Waals surface area contributed by atoms with Crippen LogP contribution in [0.15, 0.2) is 29.3 Å². The van der Waals surface area contributed by atoms with Crippen molar-refractivity contribution in [2.24, 2.45) is 16.8 Å². The molecule has 0 fully saturated rings. The van der Waals surface area contributed by atoms with Gasteiger partial charge in [-0.25, -0.2) is 4.99 Å². The molecular formula is C16H28N6. The molecule has 0 aromatic carbocycles. The number of rotatable bonds is 13. The summed E-state index contributed by atoms with van der Waals surface area (Å²) < 4.78 is 0. The lowest BCUT2D eigenvalue weighted by Crippen LogP contribution is -2.30. The van der Waals surface area contributed by atoms with Crippen LogP contribution in [-0.4, -0.2) is 31.7 Å². The van der Waals surface area contributed by atoms with E-state index in [0.29, 0.717) is 12.5 Å². The zero-order valence-corrected chi connectivity index (χ0v) is 13.4. The molecule has 1 unspecified atom stereocenters. The van der Waals surface area contributed by atoms with Gasteiger partial charge in [-0.3, -0.25) is 16.7 Å². The van der Waals surface area contributed by atoms with Gasteiger partial charge in [-0.2, -0.15) is 5.26 Å². The van der Waals surface area contributed by atoms with Crippen molar-refractivity contribution in [1.29, 1.82) is 10.7 Å². The number of aliphatic imine (C=N–C) groups is 1. The maximum atomic E-state index is 8.48.